The molecule has 1 atom stereocenters. The summed E-state index contributed by atoms with van der Waals surface area (Å²) in [5, 5.41) is 5.46. The van der Waals surface area contributed by atoms with Gasteiger partial charge < -0.3 is 15.4 Å². The fourth-order valence-electron chi connectivity index (χ4n) is 2.42. The highest BCUT2D eigenvalue weighted by atomic mass is 19.4. The van der Waals surface area contributed by atoms with E-state index in [9.17, 15) is 18.0 Å². The van der Waals surface area contributed by atoms with Gasteiger partial charge in [0, 0.05) is 30.8 Å². The Morgan fingerprint density at radius 1 is 1.23 bits per heavy atom. The molecule has 1 aromatic heterocycles. The van der Waals surface area contributed by atoms with Crippen LogP contribution in [0.15, 0.2) is 42.6 Å². The first-order valence-electron chi connectivity index (χ1n) is 7.98. The minimum absolute atomic E-state index is 0.0226. The molecule has 140 valence electrons. The lowest BCUT2D eigenvalue weighted by Crippen LogP contribution is -2.30. The molecule has 5 nitrogen and oxygen atoms in total. The van der Waals surface area contributed by atoms with Crippen LogP contribution < -0.4 is 15.4 Å². The highest BCUT2D eigenvalue weighted by Crippen LogP contribution is 2.34. The van der Waals surface area contributed by atoms with E-state index in [0.29, 0.717) is 12.4 Å². The van der Waals surface area contributed by atoms with Crippen molar-refractivity contribution in [2.24, 2.45) is 0 Å². The van der Waals surface area contributed by atoms with Crippen LogP contribution in [-0.4, -0.2) is 24.0 Å². The Kier molecular flexibility index (Phi) is 6.57. The van der Waals surface area contributed by atoms with E-state index in [1.807, 2.05) is 6.07 Å². The molecule has 1 unspecified atom stereocenters. The molecule has 0 spiro atoms. The predicted molar refractivity (Wildman–Crippen MR) is 91.8 cm³/mol. The van der Waals surface area contributed by atoms with Gasteiger partial charge in [-0.05, 0) is 25.1 Å². The monoisotopic (exact) mass is 367 g/mol. The molecule has 1 amide bonds. The molecule has 0 aliphatic rings. The van der Waals surface area contributed by atoms with Crippen LogP contribution in [0.2, 0.25) is 0 Å². The van der Waals surface area contributed by atoms with Crippen LogP contribution in [0.4, 0.5) is 18.9 Å². The van der Waals surface area contributed by atoms with Gasteiger partial charge >= 0.3 is 6.18 Å². The predicted octanol–water partition coefficient (Wildman–Crippen LogP) is 3.62. The number of rotatable bonds is 7. The summed E-state index contributed by atoms with van der Waals surface area (Å²) in [6.45, 7) is 2.20. The van der Waals surface area contributed by atoms with Crippen LogP contribution >= 0.6 is 0 Å². The number of aromatic nitrogens is 1. The summed E-state index contributed by atoms with van der Waals surface area (Å²) in [4.78, 5) is 16.2. The number of hydrogen-bond acceptors (Lipinski definition) is 4. The van der Waals surface area contributed by atoms with Gasteiger partial charge in [-0.1, -0.05) is 18.2 Å². The summed E-state index contributed by atoms with van der Waals surface area (Å²) in [6, 6.07) is 8.25. The first kappa shape index (κ1) is 19.7. The first-order valence-corrected chi connectivity index (χ1v) is 7.98. The SMILES string of the molecule is COc1ncccc1CNC(C)CC(=O)Nc1ccccc1C(F)(F)F. The lowest BCUT2D eigenvalue weighted by atomic mass is 10.1. The van der Waals surface area contributed by atoms with Gasteiger partial charge in [-0.3, -0.25) is 4.79 Å². The number of halogens is 3. The van der Waals surface area contributed by atoms with E-state index >= 15 is 0 Å². The van der Waals surface area contributed by atoms with Crippen molar-refractivity contribution in [1.82, 2.24) is 10.3 Å². The minimum Gasteiger partial charge on any atom is -0.481 e. The number of ether oxygens (including phenoxy) is 1. The minimum atomic E-state index is -4.52. The highest BCUT2D eigenvalue weighted by Gasteiger charge is 2.33. The van der Waals surface area contributed by atoms with Crippen LogP contribution in [0.5, 0.6) is 5.88 Å². The Hall–Kier alpha value is -2.61. The maximum atomic E-state index is 13.0. The molecule has 2 N–H and O–H groups in total. The average molecular weight is 367 g/mol. The summed E-state index contributed by atoms with van der Waals surface area (Å²) in [5.41, 5.74) is -0.287. The van der Waals surface area contributed by atoms with Crippen molar-refractivity contribution in [3.63, 3.8) is 0 Å². The van der Waals surface area contributed by atoms with Crippen LogP contribution in [0.25, 0.3) is 0 Å². The molecule has 26 heavy (non-hydrogen) atoms. The van der Waals surface area contributed by atoms with Crippen LogP contribution in [0, 0.1) is 0 Å². The summed E-state index contributed by atoms with van der Waals surface area (Å²) in [5.74, 6) is -0.0180. The van der Waals surface area contributed by atoms with Crippen molar-refractivity contribution in [3.05, 3.63) is 53.7 Å². The topological polar surface area (TPSA) is 63.2 Å². The number of carbonyl (C=O) groups excluding carboxylic acids is 1. The lowest BCUT2D eigenvalue weighted by Gasteiger charge is -2.16. The van der Waals surface area contributed by atoms with E-state index in [2.05, 4.69) is 15.6 Å². The van der Waals surface area contributed by atoms with Crippen molar-refractivity contribution in [2.75, 3.05) is 12.4 Å². The van der Waals surface area contributed by atoms with E-state index in [4.69, 9.17) is 4.74 Å². The van der Waals surface area contributed by atoms with E-state index < -0.39 is 17.6 Å². The molecule has 0 saturated heterocycles. The number of carbonyl (C=O) groups is 1. The maximum Gasteiger partial charge on any atom is 0.418 e. The number of nitrogens with zero attached hydrogens (tertiary/aromatic N) is 1. The van der Waals surface area contributed by atoms with E-state index in [1.165, 1.54) is 25.3 Å². The van der Waals surface area contributed by atoms with E-state index in [0.717, 1.165) is 11.6 Å². The van der Waals surface area contributed by atoms with Crippen LogP contribution in [0.1, 0.15) is 24.5 Å². The molecule has 0 aliphatic carbocycles. The van der Waals surface area contributed by atoms with Gasteiger partial charge in [0.25, 0.3) is 0 Å². The molecule has 8 heteroatoms. The quantitative estimate of drug-likeness (QED) is 0.785. The number of nitrogens with one attached hydrogen (secondary N) is 2. The van der Waals surface area contributed by atoms with Gasteiger partial charge in [0.05, 0.1) is 18.4 Å². The molecular weight excluding hydrogens is 347 g/mol. The van der Waals surface area contributed by atoms with Crippen LogP contribution in [0.3, 0.4) is 0 Å². The number of para-hydroxylation sites is 1. The zero-order valence-electron chi connectivity index (χ0n) is 14.4. The van der Waals surface area contributed by atoms with Gasteiger partial charge in [0.1, 0.15) is 0 Å². The lowest BCUT2D eigenvalue weighted by molar-refractivity contribution is -0.137. The number of alkyl halides is 3. The molecule has 2 aromatic rings. The molecular formula is C18H20F3N3O2. The van der Waals surface area contributed by atoms with Gasteiger partial charge in [-0.25, -0.2) is 4.98 Å². The number of benzene rings is 1. The zero-order chi connectivity index (χ0) is 19.2. The molecule has 1 heterocycles. The Bertz CT molecular complexity index is 750. The van der Waals surface area contributed by atoms with Gasteiger partial charge in [-0.15, -0.1) is 0 Å². The summed E-state index contributed by atoms with van der Waals surface area (Å²) >= 11 is 0. The molecule has 0 aliphatic heterocycles. The Labute approximate surface area is 149 Å². The molecule has 0 saturated carbocycles. The molecule has 0 fully saturated rings. The average Bonchev–Trinajstić information content (AvgIpc) is 2.59. The third-order valence-corrected chi connectivity index (χ3v) is 3.68. The fraction of sp³-hybridized carbons (Fsp3) is 0.333. The fourth-order valence-corrected chi connectivity index (χ4v) is 2.42. The second-order valence-corrected chi connectivity index (χ2v) is 5.75. The van der Waals surface area contributed by atoms with Gasteiger partial charge in [0.2, 0.25) is 11.8 Å². The second-order valence-electron chi connectivity index (χ2n) is 5.75. The number of pyridine rings is 1. The number of methoxy groups -OCH3 is 1. The molecule has 1 aromatic carbocycles. The highest BCUT2D eigenvalue weighted by molar-refractivity contribution is 5.92. The van der Waals surface area contributed by atoms with Crippen molar-refractivity contribution < 1.29 is 22.7 Å². The normalized spacial score (nSPS) is 12.5. The van der Waals surface area contributed by atoms with Gasteiger partial charge in [-0.2, -0.15) is 13.2 Å². The smallest absolute Gasteiger partial charge is 0.418 e. The Balaban J connectivity index is 1.92. The molecule has 0 bridgehead atoms. The Morgan fingerprint density at radius 2 is 1.96 bits per heavy atom. The standard InChI is InChI=1S/C18H20F3N3O2/c1-12(23-11-13-6-5-9-22-17(13)26-2)10-16(25)24-15-8-4-3-7-14(15)18(19,20)21/h3-9,12,23H,10-11H2,1-2H3,(H,24,25). The summed E-state index contributed by atoms with van der Waals surface area (Å²) in [6.07, 6.45) is -2.89. The zero-order valence-corrected chi connectivity index (χ0v) is 14.4. The van der Waals surface area contributed by atoms with E-state index in [-0.39, 0.29) is 18.2 Å². The number of amides is 1. The van der Waals surface area contributed by atoms with E-state index in [1.54, 1.807) is 19.2 Å². The summed E-state index contributed by atoms with van der Waals surface area (Å²) < 4.78 is 44.0. The Morgan fingerprint density at radius 3 is 2.65 bits per heavy atom. The summed E-state index contributed by atoms with van der Waals surface area (Å²) in [7, 11) is 1.51. The van der Waals surface area contributed by atoms with Crippen molar-refractivity contribution >= 4 is 11.6 Å². The number of anilines is 1. The van der Waals surface area contributed by atoms with Crippen molar-refractivity contribution in [3.8, 4) is 5.88 Å². The van der Waals surface area contributed by atoms with Crippen molar-refractivity contribution in [2.45, 2.75) is 32.1 Å². The second kappa shape index (κ2) is 8.66. The molecule has 0 radical (unpaired) electrons. The maximum absolute atomic E-state index is 13.0. The first-order chi connectivity index (χ1) is 12.3. The van der Waals surface area contributed by atoms with Crippen molar-refractivity contribution in [1.29, 1.82) is 0 Å². The number of hydrogen-bond donors (Lipinski definition) is 2. The van der Waals surface area contributed by atoms with Gasteiger partial charge in [0.15, 0.2) is 0 Å². The third-order valence-electron chi connectivity index (χ3n) is 3.68. The van der Waals surface area contributed by atoms with Crippen LogP contribution in [-0.2, 0) is 17.5 Å². The third kappa shape index (κ3) is 5.45. The molecule has 2 rings (SSSR count). The largest absolute Gasteiger partial charge is 0.481 e.